The predicted octanol–water partition coefficient (Wildman–Crippen LogP) is 2.68. The lowest BCUT2D eigenvalue weighted by atomic mass is 10.0. The zero-order valence-corrected chi connectivity index (χ0v) is 11.3. The number of aromatic nitrogens is 4. The number of rotatable bonds is 3. The fourth-order valence-electron chi connectivity index (χ4n) is 2.32. The highest BCUT2D eigenvalue weighted by Gasteiger charge is 2.14. The van der Waals surface area contributed by atoms with Crippen LogP contribution in [0.4, 0.5) is 0 Å². The second-order valence-corrected chi connectivity index (χ2v) is 4.65. The van der Waals surface area contributed by atoms with E-state index in [1.807, 2.05) is 30.5 Å². The summed E-state index contributed by atoms with van der Waals surface area (Å²) in [7, 11) is 1.78. The SMILES string of the molecule is CC(=O)c1c(-c2ccc(-c3cn[nH]c3)cc2)cnn1C. The second kappa shape index (κ2) is 4.77. The van der Waals surface area contributed by atoms with Crippen LogP contribution in [0.15, 0.2) is 42.9 Å². The van der Waals surface area contributed by atoms with E-state index < -0.39 is 0 Å². The van der Waals surface area contributed by atoms with Gasteiger partial charge in [0, 0.05) is 31.3 Å². The first-order valence-electron chi connectivity index (χ1n) is 6.29. The van der Waals surface area contributed by atoms with E-state index in [1.165, 1.54) is 0 Å². The van der Waals surface area contributed by atoms with Crippen LogP contribution in [0.25, 0.3) is 22.3 Å². The third-order valence-corrected chi connectivity index (χ3v) is 3.30. The van der Waals surface area contributed by atoms with Crippen LogP contribution in [0.3, 0.4) is 0 Å². The molecule has 0 spiro atoms. The third kappa shape index (κ3) is 2.03. The molecule has 0 radical (unpaired) electrons. The van der Waals surface area contributed by atoms with E-state index >= 15 is 0 Å². The van der Waals surface area contributed by atoms with Crippen LogP contribution >= 0.6 is 0 Å². The summed E-state index contributed by atoms with van der Waals surface area (Å²) in [6, 6.07) is 8.01. The van der Waals surface area contributed by atoms with E-state index in [0.717, 1.165) is 22.3 Å². The van der Waals surface area contributed by atoms with Crippen molar-refractivity contribution in [3.05, 3.63) is 48.5 Å². The van der Waals surface area contributed by atoms with Gasteiger partial charge in [-0.15, -0.1) is 0 Å². The molecule has 5 heteroatoms. The summed E-state index contributed by atoms with van der Waals surface area (Å²) in [5.41, 5.74) is 4.58. The first-order chi connectivity index (χ1) is 9.66. The number of H-pyrrole nitrogens is 1. The van der Waals surface area contributed by atoms with Crippen molar-refractivity contribution < 1.29 is 4.79 Å². The van der Waals surface area contributed by atoms with Crippen molar-refractivity contribution in [2.75, 3.05) is 0 Å². The van der Waals surface area contributed by atoms with Gasteiger partial charge in [-0.25, -0.2) is 0 Å². The van der Waals surface area contributed by atoms with Gasteiger partial charge in [-0.2, -0.15) is 10.2 Å². The summed E-state index contributed by atoms with van der Waals surface area (Å²) in [5, 5.41) is 10.9. The largest absolute Gasteiger partial charge is 0.293 e. The molecule has 3 aromatic rings. The van der Waals surface area contributed by atoms with Crippen LogP contribution in [0.5, 0.6) is 0 Å². The summed E-state index contributed by atoms with van der Waals surface area (Å²) >= 11 is 0. The molecule has 3 rings (SSSR count). The highest BCUT2D eigenvalue weighted by molar-refractivity contribution is 5.99. The number of hydrogen-bond acceptors (Lipinski definition) is 3. The molecule has 100 valence electrons. The van der Waals surface area contributed by atoms with Gasteiger partial charge in [0.25, 0.3) is 0 Å². The number of carbonyl (C=O) groups excluding carboxylic acids is 1. The van der Waals surface area contributed by atoms with Gasteiger partial charge in [0.2, 0.25) is 0 Å². The minimum atomic E-state index is 0.0129. The predicted molar refractivity (Wildman–Crippen MR) is 76.2 cm³/mol. The van der Waals surface area contributed by atoms with Crippen LogP contribution in [0.1, 0.15) is 17.4 Å². The molecule has 5 nitrogen and oxygen atoms in total. The van der Waals surface area contributed by atoms with Crippen molar-refractivity contribution >= 4 is 5.78 Å². The minimum Gasteiger partial charge on any atom is -0.293 e. The molecule has 0 fully saturated rings. The number of Topliss-reactive ketones (excluding diaryl/α,β-unsaturated/α-hetero) is 1. The van der Waals surface area contributed by atoms with Gasteiger partial charge < -0.3 is 0 Å². The molecule has 2 aromatic heterocycles. The highest BCUT2D eigenvalue weighted by Crippen LogP contribution is 2.26. The van der Waals surface area contributed by atoms with Crippen molar-refractivity contribution in [1.82, 2.24) is 20.0 Å². The Balaban J connectivity index is 2.02. The smallest absolute Gasteiger partial charge is 0.178 e. The fraction of sp³-hybridized carbons (Fsp3) is 0.133. The molecule has 0 unspecified atom stereocenters. The molecule has 0 saturated carbocycles. The Hall–Kier alpha value is -2.69. The van der Waals surface area contributed by atoms with Crippen LogP contribution in [0.2, 0.25) is 0 Å². The van der Waals surface area contributed by atoms with Gasteiger partial charge in [0.1, 0.15) is 5.69 Å². The lowest BCUT2D eigenvalue weighted by Gasteiger charge is -2.04. The van der Waals surface area contributed by atoms with Crippen molar-refractivity contribution in [1.29, 1.82) is 0 Å². The van der Waals surface area contributed by atoms with Crippen LogP contribution in [-0.4, -0.2) is 25.8 Å². The molecule has 20 heavy (non-hydrogen) atoms. The maximum Gasteiger partial charge on any atom is 0.178 e. The summed E-state index contributed by atoms with van der Waals surface area (Å²) in [6.45, 7) is 1.56. The Kier molecular flexibility index (Phi) is 2.95. The fourth-order valence-corrected chi connectivity index (χ4v) is 2.32. The van der Waals surface area contributed by atoms with E-state index in [-0.39, 0.29) is 5.78 Å². The number of nitrogens with zero attached hydrogens (tertiary/aromatic N) is 3. The van der Waals surface area contributed by atoms with Crippen LogP contribution < -0.4 is 0 Å². The lowest BCUT2D eigenvalue weighted by molar-refractivity contribution is 0.100. The van der Waals surface area contributed by atoms with Gasteiger partial charge in [-0.3, -0.25) is 14.6 Å². The number of benzene rings is 1. The van der Waals surface area contributed by atoms with Gasteiger partial charge in [0.05, 0.1) is 12.4 Å². The maximum atomic E-state index is 11.7. The molecule has 0 aliphatic carbocycles. The van der Waals surface area contributed by atoms with E-state index in [4.69, 9.17) is 0 Å². The normalized spacial score (nSPS) is 10.7. The number of hydrogen-bond donors (Lipinski definition) is 1. The van der Waals surface area contributed by atoms with Crippen molar-refractivity contribution in [3.8, 4) is 22.3 Å². The summed E-state index contributed by atoms with van der Waals surface area (Å²) in [4.78, 5) is 11.7. The van der Waals surface area contributed by atoms with Crippen molar-refractivity contribution in [3.63, 3.8) is 0 Å². The maximum absolute atomic E-state index is 11.7. The van der Waals surface area contributed by atoms with Crippen molar-refractivity contribution in [2.24, 2.45) is 7.05 Å². The minimum absolute atomic E-state index is 0.0129. The van der Waals surface area contributed by atoms with E-state index in [9.17, 15) is 4.79 Å². The zero-order chi connectivity index (χ0) is 14.1. The summed E-state index contributed by atoms with van der Waals surface area (Å²) in [6.07, 6.45) is 5.35. The van der Waals surface area contributed by atoms with Crippen LogP contribution in [0, 0.1) is 0 Å². The Morgan fingerprint density at radius 2 is 1.80 bits per heavy atom. The molecule has 0 saturated heterocycles. The second-order valence-electron chi connectivity index (χ2n) is 4.65. The molecule has 0 amide bonds. The molecule has 1 aromatic carbocycles. The van der Waals surface area contributed by atoms with E-state index in [2.05, 4.69) is 15.3 Å². The molecule has 0 aliphatic heterocycles. The highest BCUT2D eigenvalue weighted by atomic mass is 16.1. The summed E-state index contributed by atoms with van der Waals surface area (Å²) < 4.78 is 1.61. The summed E-state index contributed by atoms with van der Waals surface area (Å²) in [5.74, 6) is 0.0129. The molecular formula is C15H14N4O. The number of carbonyl (C=O) groups is 1. The Morgan fingerprint density at radius 1 is 1.10 bits per heavy atom. The molecular weight excluding hydrogens is 252 g/mol. The molecule has 1 N–H and O–H groups in total. The molecule has 0 atom stereocenters. The molecule has 0 aliphatic rings. The van der Waals surface area contributed by atoms with E-state index in [0.29, 0.717) is 5.69 Å². The number of ketones is 1. The number of aromatic amines is 1. The van der Waals surface area contributed by atoms with Gasteiger partial charge in [0.15, 0.2) is 5.78 Å². The first-order valence-corrected chi connectivity index (χ1v) is 6.29. The standard InChI is InChI=1S/C15H14N4O/c1-10(20)15-14(9-18-19(15)2)12-5-3-11(4-6-12)13-7-16-17-8-13/h3-9H,1-2H3,(H,16,17). The molecule has 0 bridgehead atoms. The Labute approximate surface area is 116 Å². The Morgan fingerprint density at radius 3 is 2.40 bits per heavy atom. The van der Waals surface area contributed by atoms with Gasteiger partial charge in [-0.1, -0.05) is 24.3 Å². The average molecular weight is 266 g/mol. The topological polar surface area (TPSA) is 63.6 Å². The Bertz CT molecular complexity index is 739. The van der Waals surface area contributed by atoms with Crippen LogP contribution in [-0.2, 0) is 7.05 Å². The molecule has 2 heterocycles. The quantitative estimate of drug-likeness (QED) is 0.741. The number of nitrogens with one attached hydrogen (secondary N) is 1. The first kappa shape index (κ1) is 12.3. The lowest BCUT2D eigenvalue weighted by Crippen LogP contribution is -2.04. The van der Waals surface area contributed by atoms with Gasteiger partial charge in [-0.05, 0) is 11.1 Å². The third-order valence-electron chi connectivity index (χ3n) is 3.30. The van der Waals surface area contributed by atoms with Gasteiger partial charge >= 0.3 is 0 Å². The zero-order valence-electron chi connectivity index (χ0n) is 11.3. The average Bonchev–Trinajstić information content (AvgIpc) is 3.08. The van der Waals surface area contributed by atoms with Crippen molar-refractivity contribution in [2.45, 2.75) is 6.92 Å². The number of aryl methyl sites for hydroxylation is 1. The van der Waals surface area contributed by atoms with E-state index in [1.54, 1.807) is 31.0 Å². The monoisotopic (exact) mass is 266 g/mol.